The average molecular weight is 505 g/mol. The molecule has 0 bridgehead atoms. The van der Waals surface area contributed by atoms with Crippen molar-refractivity contribution in [1.82, 2.24) is 9.88 Å². The Morgan fingerprint density at radius 2 is 1.83 bits per heavy atom. The number of anilines is 1. The minimum Gasteiger partial charge on any atom is -0.478 e. The molecule has 0 aliphatic carbocycles. The third-order valence-electron chi connectivity index (χ3n) is 5.86. The number of carboxylic acid groups (broad SMARTS) is 1. The fourth-order valence-electron chi connectivity index (χ4n) is 4.13. The molecule has 0 unspecified atom stereocenters. The molecule has 2 amide bonds. The van der Waals surface area contributed by atoms with Gasteiger partial charge in [0.05, 0.1) is 16.2 Å². The van der Waals surface area contributed by atoms with Gasteiger partial charge >= 0.3 is 5.97 Å². The number of nitro benzene ring substituents is 1. The van der Waals surface area contributed by atoms with Gasteiger partial charge in [0.15, 0.2) is 5.11 Å². The number of aromatic carboxylic acids is 1. The first-order chi connectivity index (χ1) is 17.0. The summed E-state index contributed by atoms with van der Waals surface area (Å²) in [6.45, 7) is 5.42. The zero-order valence-electron chi connectivity index (χ0n) is 19.4. The molecule has 0 atom stereocenters. The third-order valence-corrected chi connectivity index (χ3v) is 6.14. The minimum absolute atomic E-state index is 0.0199. The van der Waals surface area contributed by atoms with Crippen molar-refractivity contribution < 1.29 is 24.4 Å². The maximum absolute atomic E-state index is 13.4. The predicted octanol–water partition coefficient (Wildman–Crippen LogP) is 3.84. The first kappa shape index (κ1) is 24.5. The average Bonchev–Trinajstić information content (AvgIpc) is 3.09. The highest BCUT2D eigenvalue weighted by molar-refractivity contribution is 7.80. The molecule has 0 spiro atoms. The Morgan fingerprint density at radius 1 is 1.11 bits per heavy atom. The van der Waals surface area contributed by atoms with Gasteiger partial charge in [-0.1, -0.05) is 6.07 Å². The van der Waals surface area contributed by atoms with Crippen molar-refractivity contribution in [2.75, 3.05) is 4.90 Å². The van der Waals surface area contributed by atoms with E-state index in [1.54, 1.807) is 19.1 Å². The Morgan fingerprint density at radius 3 is 2.47 bits per heavy atom. The van der Waals surface area contributed by atoms with Crippen molar-refractivity contribution in [3.05, 3.63) is 92.3 Å². The van der Waals surface area contributed by atoms with Crippen molar-refractivity contribution in [2.24, 2.45) is 0 Å². The number of thiocarbonyl (C=S) groups is 1. The van der Waals surface area contributed by atoms with Crippen LogP contribution < -0.4 is 10.2 Å². The van der Waals surface area contributed by atoms with Gasteiger partial charge in [0.2, 0.25) is 0 Å². The molecular weight excluding hydrogens is 484 g/mol. The SMILES string of the molecule is Cc1cc([N+](=O)[O-])ccc1-n1c(C)cc(C=C2C(=O)NC(=S)N(c3cccc(C(=O)O)c3)C2=O)c1C. The van der Waals surface area contributed by atoms with Gasteiger partial charge in [-0.3, -0.25) is 29.9 Å². The molecule has 11 heteroatoms. The molecular formula is C25H20N4O6S. The second-order valence-corrected chi connectivity index (χ2v) is 8.59. The van der Waals surface area contributed by atoms with E-state index in [4.69, 9.17) is 12.2 Å². The van der Waals surface area contributed by atoms with Gasteiger partial charge in [-0.25, -0.2) is 4.79 Å². The topological polar surface area (TPSA) is 135 Å². The highest BCUT2D eigenvalue weighted by Gasteiger charge is 2.35. The molecule has 4 rings (SSSR count). The highest BCUT2D eigenvalue weighted by Crippen LogP contribution is 2.29. The van der Waals surface area contributed by atoms with Crippen LogP contribution in [0.1, 0.15) is 32.9 Å². The second-order valence-electron chi connectivity index (χ2n) is 8.20. The first-order valence-electron chi connectivity index (χ1n) is 10.7. The van der Waals surface area contributed by atoms with Crippen LogP contribution in [0.5, 0.6) is 0 Å². The molecule has 36 heavy (non-hydrogen) atoms. The summed E-state index contributed by atoms with van der Waals surface area (Å²) in [5.41, 5.74) is 3.50. The quantitative estimate of drug-likeness (QED) is 0.177. The number of nitrogens with one attached hydrogen (secondary N) is 1. The van der Waals surface area contributed by atoms with Crippen LogP contribution in [0.3, 0.4) is 0 Å². The number of nitro groups is 1. The van der Waals surface area contributed by atoms with E-state index in [1.165, 1.54) is 42.5 Å². The number of amides is 2. The van der Waals surface area contributed by atoms with Gasteiger partial charge < -0.3 is 9.67 Å². The van der Waals surface area contributed by atoms with Crippen LogP contribution >= 0.6 is 12.2 Å². The molecule has 0 radical (unpaired) electrons. The molecule has 3 aromatic rings. The molecule has 0 saturated carbocycles. The molecule has 1 aliphatic rings. The molecule has 2 aromatic carbocycles. The van der Waals surface area contributed by atoms with E-state index in [1.807, 2.05) is 18.4 Å². The second kappa shape index (κ2) is 9.19. The van der Waals surface area contributed by atoms with Crippen molar-refractivity contribution in [2.45, 2.75) is 20.8 Å². The van der Waals surface area contributed by atoms with Crippen molar-refractivity contribution in [1.29, 1.82) is 0 Å². The minimum atomic E-state index is -1.17. The van der Waals surface area contributed by atoms with E-state index in [9.17, 15) is 29.6 Å². The lowest BCUT2D eigenvalue weighted by atomic mass is 10.1. The van der Waals surface area contributed by atoms with Crippen LogP contribution in [0.15, 0.2) is 54.1 Å². The molecule has 1 aromatic heterocycles. The third kappa shape index (κ3) is 4.27. The number of carboxylic acids is 1. The largest absolute Gasteiger partial charge is 0.478 e. The van der Waals surface area contributed by atoms with Crippen molar-refractivity contribution in [3.8, 4) is 5.69 Å². The summed E-state index contributed by atoms with van der Waals surface area (Å²) < 4.78 is 1.88. The molecule has 2 N–H and O–H groups in total. The number of aryl methyl sites for hydroxylation is 2. The number of hydrogen-bond donors (Lipinski definition) is 2. The van der Waals surface area contributed by atoms with Gasteiger partial charge in [0.1, 0.15) is 5.57 Å². The van der Waals surface area contributed by atoms with Crippen LogP contribution in [0, 0.1) is 30.9 Å². The zero-order chi connectivity index (χ0) is 26.3. The molecule has 1 saturated heterocycles. The summed E-state index contributed by atoms with van der Waals surface area (Å²) in [5, 5.41) is 22.7. The van der Waals surface area contributed by atoms with E-state index in [-0.39, 0.29) is 27.6 Å². The first-order valence-corrected chi connectivity index (χ1v) is 11.1. The van der Waals surface area contributed by atoms with E-state index in [2.05, 4.69) is 5.32 Å². The van der Waals surface area contributed by atoms with Gasteiger partial charge in [0, 0.05) is 29.2 Å². The van der Waals surface area contributed by atoms with Crippen LogP contribution in [-0.2, 0) is 9.59 Å². The number of non-ortho nitro benzene ring substituents is 1. The molecule has 182 valence electrons. The lowest BCUT2D eigenvalue weighted by molar-refractivity contribution is -0.384. The Labute approximate surface area is 210 Å². The summed E-state index contributed by atoms with van der Waals surface area (Å²) in [7, 11) is 0. The molecule has 10 nitrogen and oxygen atoms in total. The maximum Gasteiger partial charge on any atom is 0.335 e. The van der Waals surface area contributed by atoms with E-state index in [0.717, 1.165) is 16.3 Å². The monoisotopic (exact) mass is 504 g/mol. The lowest BCUT2D eigenvalue weighted by Gasteiger charge is -2.29. The highest BCUT2D eigenvalue weighted by atomic mass is 32.1. The summed E-state index contributed by atoms with van der Waals surface area (Å²) in [6, 6.07) is 12.0. The number of nitrogens with zero attached hydrogens (tertiary/aromatic N) is 3. The standard InChI is InChI=1S/C25H20N4O6S/c1-13-9-19(29(34)35)7-8-21(13)27-14(2)10-17(15(27)3)12-20-22(30)26-25(36)28(23(20)31)18-6-4-5-16(11-18)24(32)33/h4-12H,1-3H3,(H,32,33)(H,26,30,36). The Hall–Kier alpha value is -4.64. The number of aromatic nitrogens is 1. The lowest BCUT2D eigenvalue weighted by Crippen LogP contribution is -2.54. The number of benzene rings is 2. The normalized spacial score (nSPS) is 14.8. The van der Waals surface area contributed by atoms with Crippen molar-refractivity contribution >= 4 is 52.6 Å². The van der Waals surface area contributed by atoms with Gasteiger partial charge in [-0.05, 0) is 80.5 Å². The molecule has 2 heterocycles. The Kier molecular flexibility index (Phi) is 6.25. The van der Waals surface area contributed by atoms with Gasteiger partial charge in [-0.15, -0.1) is 0 Å². The van der Waals surface area contributed by atoms with Crippen LogP contribution in [0.25, 0.3) is 11.8 Å². The fourth-order valence-corrected chi connectivity index (χ4v) is 4.42. The molecule has 1 aliphatic heterocycles. The Bertz CT molecular complexity index is 1520. The van der Waals surface area contributed by atoms with Crippen molar-refractivity contribution in [3.63, 3.8) is 0 Å². The number of rotatable bonds is 5. The summed E-state index contributed by atoms with van der Waals surface area (Å²) in [6.07, 6.45) is 1.45. The smallest absolute Gasteiger partial charge is 0.335 e. The Balaban J connectivity index is 1.77. The van der Waals surface area contributed by atoms with Crippen LogP contribution in [0.2, 0.25) is 0 Å². The summed E-state index contributed by atoms with van der Waals surface area (Å²) >= 11 is 5.19. The number of hydrogen-bond acceptors (Lipinski definition) is 6. The zero-order valence-corrected chi connectivity index (χ0v) is 20.3. The van der Waals surface area contributed by atoms with E-state index < -0.39 is 22.7 Å². The fraction of sp³-hybridized carbons (Fsp3) is 0.120. The maximum atomic E-state index is 13.4. The van der Waals surface area contributed by atoms with Gasteiger partial charge in [-0.2, -0.15) is 0 Å². The van der Waals surface area contributed by atoms with E-state index >= 15 is 0 Å². The van der Waals surface area contributed by atoms with Gasteiger partial charge in [0.25, 0.3) is 17.5 Å². The predicted molar refractivity (Wildman–Crippen MR) is 136 cm³/mol. The number of carbonyl (C=O) groups excluding carboxylic acids is 2. The summed E-state index contributed by atoms with van der Waals surface area (Å²) in [4.78, 5) is 49.2. The van der Waals surface area contributed by atoms with Crippen LogP contribution in [0.4, 0.5) is 11.4 Å². The van der Waals surface area contributed by atoms with E-state index in [0.29, 0.717) is 16.8 Å². The molecule has 1 fully saturated rings. The number of carbonyl (C=O) groups is 3. The van der Waals surface area contributed by atoms with Crippen LogP contribution in [-0.4, -0.2) is 37.5 Å². The summed E-state index contributed by atoms with van der Waals surface area (Å²) in [5.74, 6) is -2.53.